The van der Waals surface area contributed by atoms with Crippen molar-refractivity contribution in [2.24, 2.45) is 0 Å². The molecule has 1 aromatic carbocycles. The molecule has 0 aliphatic heterocycles. The highest BCUT2D eigenvalue weighted by atomic mass is 79.9. The summed E-state index contributed by atoms with van der Waals surface area (Å²) in [7, 11) is 1.62. The topological polar surface area (TPSA) is 30.5 Å². The van der Waals surface area contributed by atoms with Crippen molar-refractivity contribution in [3.05, 3.63) is 28.2 Å². The largest absolute Gasteiger partial charge is 0.416 e. The fourth-order valence-electron chi connectivity index (χ4n) is 1.53. The van der Waals surface area contributed by atoms with Crippen molar-refractivity contribution in [1.82, 2.24) is 0 Å². The first-order valence-electron chi connectivity index (χ1n) is 6.12. The maximum absolute atomic E-state index is 12.6. The molecule has 1 aromatic rings. The third-order valence-corrected chi connectivity index (χ3v) is 2.90. The van der Waals surface area contributed by atoms with Crippen LogP contribution in [0.1, 0.15) is 12.0 Å². The fourth-order valence-corrected chi connectivity index (χ4v) is 2.02. The van der Waals surface area contributed by atoms with Crippen LogP contribution in [0, 0.1) is 0 Å². The first-order valence-corrected chi connectivity index (χ1v) is 6.91. The maximum Gasteiger partial charge on any atom is 0.416 e. The van der Waals surface area contributed by atoms with Crippen molar-refractivity contribution in [1.29, 1.82) is 0 Å². The maximum atomic E-state index is 12.6. The van der Waals surface area contributed by atoms with Crippen LogP contribution in [0.3, 0.4) is 0 Å². The van der Waals surface area contributed by atoms with E-state index in [0.717, 1.165) is 18.6 Å². The minimum absolute atomic E-state index is 0.385. The molecule has 0 spiro atoms. The summed E-state index contributed by atoms with van der Waals surface area (Å²) in [5.41, 5.74) is -0.275. The number of alkyl halides is 3. The van der Waals surface area contributed by atoms with Gasteiger partial charge in [-0.3, -0.25) is 0 Å². The van der Waals surface area contributed by atoms with Crippen LogP contribution in [0.5, 0.6) is 0 Å². The van der Waals surface area contributed by atoms with E-state index in [2.05, 4.69) is 21.2 Å². The van der Waals surface area contributed by atoms with E-state index in [1.165, 1.54) is 0 Å². The molecule has 0 aliphatic rings. The Morgan fingerprint density at radius 1 is 1.15 bits per heavy atom. The highest BCUT2D eigenvalue weighted by molar-refractivity contribution is 9.10. The van der Waals surface area contributed by atoms with Gasteiger partial charge in [0, 0.05) is 37.0 Å². The van der Waals surface area contributed by atoms with E-state index < -0.39 is 11.7 Å². The summed E-state index contributed by atoms with van der Waals surface area (Å²) in [6, 6.07) is 3.72. The lowest BCUT2D eigenvalue weighted by Crippen LogP contribution is -2.12. The monoisotopic (exact) mass is 355 g/mol. The van der Waals surface area contributed by atoms with Gasteiger partial charge in [0.2, 0.25) is 0 Å². The molecule has 0 aromatic heterocycles. The molecule has 3 nitrogen and oxygen atoms in total. The van der Waals surface area contributed by atoms with Crippen molar-refractivity contribution in [2.75, 3.05) is 38.8 Å². The average Bonchev–Trinajstić information content (AvgIpc) is 2.36. The Bertz CT molecular complexity index is 413. The number of rotatable bonds is 8. The van der Waals surface area contributed by atoms with Gasteiger partial charge in [-0.05, 0) is 24.6 Å². The van der Waals surface area contributed by atoms with E-state index in [4.69, 9.17) is 9.47 Å². The Hall–Kier alpha value is -0.790. The summed E-state index contributed by atoms with van der Waals surface area (Å²) in [5, 5.41) is 2.90. The van der Waals surface area contributed by atoms with Crippen LogP contribution in [0.2, 0.25) is 0 Å². The molecule has 1 N–H and O–H groups in total. The van der Waals surface area contributed by atoms with Crippen molar-refractivity contribution >= 4 is 21.6 Å². The molecule has 0 atom stereocenters. The van der Waals surface area contributed by atoms with Crippen LogP contribution in [0.4, 0.5) is 18.9 Å². The molecule has 0 fully saturated rings. The number of benzene rings is 1. The zero-order valence-electron chi connectivity index (χ0n) is 11.1. The molecule has 7 heteroatoms. The highest BCUT2D eigenvalue weighted by Gasteiger charge is 2.31. The second-order valence-electron chi connectivity index (χ2n) is 4.11. The summed E-state index contributed by atoms with van der Waals surface area (Å²) in [5.74, 6) is 0. The van der Waals surface area contributed by atoms with Gasteiger partial charge in [0.1, 0.15) is 0 Å². The quantitative estimate of drug-likeness (QED) is 0.716. The number of hydrogen-bond donors (Lipinski definition) is 1. The van der Waals surface area contributed by atoms with Gasteiger partial charge in [0.05, 0.1) is 12.2 Å². The van der Waals surface area contributed by atoms with Gasteiger partial charge in [-0.2, -0.15) is 13.2 Å². The summed E-state index contributed by atoms with van der Waals surface area (Å²) < 4.78 is 48.4. The van der Waals surface area contributed by atoms with Crippen LogP contribution in [0.25, 0.3) is 0 Å². The number of hydrogen-bond acceptors (Lipinski definition) is 3. The predicted molar refractivity (Wildman–Crippen MR) is 74.9 cm³/mol. The zero-order chi connectivity index (χ0) is 15.0. The van der Waals surface area contributed by atoms with Crippen LogP contribution in [-0.4, -0.2) is 33.5 Å². The van der Waals surface area contributed by atoms with Crippen LogP contribution in [-0.2, 0) is 15.7 Å². The summed E-state index contributed by atoms with van der Waals surface area (Å²) >= 11 is 3.07. The fraction of sp³-hybridized carbons (Fsp3) is 0.538. The third kappa shape index (κ3) is 6.58. The zero-order valence-corrected chi connectivity index (χ0v) is 12.7. The van der Waals surface area contributed by atoms with E-state index >= 15 is 0 Å². The molecule has 0 saturated carbocycles. The lowest BCUT2D eigenvalue weighted by molar-refractivity contribution is -0.137. The number of halogens is 4. The van der Waals surface area contributed by atoms with Gasteiger partial charge in [0.15, 0.2) is 0 Å². The highest BCUT2D eigenvalue weighted by Crippen LogP contribution is 2.33. The van der Waals surface area contributed by atoms with Gasteiger partial charge in [0.25, 0.3) is 0 Å². The standard InChI is InChI=1S/C13H17BrF3NO2/c1-19-4-2-5-20-6-3-18-12-8-10(13(15,16)17)7-11(14)9-12/h7-9,18H,2-6H2,1H3. The molecule has 0 aliphatic carbocycles. The minimum Gasteiger partial charge on any atom is -0.385 e. The number of methoxy groups -OCH3 is 1. The molecule has 1 rings (SSSR count). The van der Waals surface area contributed by atoms with Gasteiger partial charge in [-0.1, -0.05) is 15.9 Å². The molecular formula is C13H17BrF3NO2. The Kier molecular flexibility index (Phi) is 7.32. The van der Waals surface area contributed by atoms with Crippen LogP contribution in [0.15, 0.2) is 22.7 Å². The van der Waals surface area contributed by atoms with Crippen molar-refractivity contribution < 1.29 is 22.6 Å². The predicted octanol–water partition coefficient (Wildman–Crippen LogP) is 3.93. The van der Waals surface area contributed by atoms with Gasteiger partial charge >= 0.3 is 6.18 Å². The summed E-state index contributed by atoms with van der Waals surface area (Å²) in [4.78, 5) is 0. The van der Waals surface area contributed by atoms with Gasteiger partial charge in [-0.25, -0.2) is 0 Å². The van der Waals surface area contributed by atoms with E-state index in [9.17, 15) is 13.2 Å². The second kappa shape index (κ2) is 8.49. The number of anilines is 1. The van der Waals surface area contributed by atoms with E-state index in [0.29, 0.717) is 36.5 Å². The Balaban J connectivity index is 2.39. The van der Waals surface area contributed by atoms with Crippen molar-refractivity contribution in [3.8, 4) is 0 Å². The van der Waals surface area contributed by atoms with Crippen LogP contribution >= 0.6 is 15.9 Å². The Labute approximate surface area is 124 Å². The molecule has 0 heterocycles. The van der Waals surface area contributed by atoms with Crippen molar-refractivity contribution in [2.45, 2.75) is 12.6 Å². The molecule has 0 amide bonds. The molecule has 0 radical (unpaired) electrons. The summed E-state index contributed by atoms with van der Waals surface area (Å²) in [6.45, 7) is 2.08. The van der Waals surface area contributed by atoms with E-state index in [1.807, 2.05) is 0 Å². The average molecular weight is 356 g/mol. The van der Waals surface area contributed by atoms with E-state index in [1.54, 1.807) is 13.2 Å². The van der Waals surface area contributed by atoms with E-state index in [-0.39, 0.29) is 0 Å². The molecule has 0 saturated heterocycles. The first-order chi connectivity index (χ1) is 9.43. The SMILES string of the molecule is COCCCOCCNc1cc(Br)cc(C(F)(F)F)c1. The van der Waals surface area contributed by atoms with Gasteiger partial charge in [-0.15, -0.1) is 0 Å². The first kappa shape index (κ1) is 17.3. The Morgan fingerprint density at radius 3 is 2.55 bits per heavy atom. The summed E-state index contributed by atoms with van der Waals surface area (Å²) in [6.07, 6.45) is -3.55. The van der Waals surface area contributed by atoms with Crippen molar-refractivity contribution in [3.63, 3.8) is 0 Å². The van der Waals surface area contributed by atoms with Gasteiger partial charge < -0.3 is 14.8 Å². The molecule has 114 valence electrons. The van der Waals surface area contributed by atoms with Crippen LogP contribution < -0.4 is 5.32 Å². The molecular weight excluding hydrogens is 339 g/mol. The molecule has 20 heavy (non-hydrogen) atoms. The second-order valence-corrected chi connectivity index (χ2v) is 5.03. The molecule has 0 bridgehead atoms. The third-order valence-electron chi connectivity index (χ3n) is 2.44. The normalized spacial score (nSPS) is 11.7. The lowest BCUT2D eigenvalue weighted by Gasteiger charge is -2.12. The number of ether oxygens (including phenoxy) is 2. The molecule has 0 unspecified atom stereocenters. The Morgan fingerprint density at radius 2 is 1.90 bits per heavy atom. The minimum atomic E-state index is -4.35. The smallest absolute Gasteiger partial charge is 0.385 e. The number of nitrogens with one attached hydrogen (secondary N) is 1. The lowest BCUT2D eigenvalue weighted by atomic mass is 10.2.